The van der Waals surface area contributed by atoms with Crippen molar-refractivity contribution in [2.75, 3.05) is 26.1 Å². The third kappa shape index (κ3) is 3.36. The molecule has 0 saturated carbocycles. The number of benzene rings is 3. The highest BCUT2D eigenvalue weighted by Crippen LogP contribution is 2.29. The van der Waals surface area contributed by atoms with E-state index < -0.39 is 0 Å². The number of hydrogen-bond donors (Lipinski definition) is 0. The van der Waals surface area contributed by atoms with E-state index in [4.69, 9.17) is 14.9 Å². The molecular weight excluding hydrogens is 336 g/mol. The van der Waals surface area contributed by atoms with E-state index in [0.29, 0.717) is 0 Å². The first-order chi connectivity index (χ1) is 13.2. The third-order valence-corrected chi connectivity index (χ3v) is 4.69. The topological polar surface area (TPSA) is 43.2 Å². The van der Waals surface area contributed by atoms with Crippen LogP contribution in [0.4, 0.5) is 5.69 Å². The Morgan fingerprint density at radius 2 is 1.30 bits per heavy atom. The van der Waals surface area contributed by atoms with Gasteiger partial charge in [0.15, 0.2) is 0 Å². The maximum absolute atomic E-state index is 5.31. The van der Waals surface area contributed by atoms with Crippen molar-refractivity contribution >= 4 is 16.7 Å². The van der Waals surface area contributed by atoms with Crippen LogP contribution in [0.5, 0.6) is 5.75 Å². The Balaban J connectivity index is 1.83. The molecule has 0 amide bonds. The number of rotatable bonds is 5. The Hall–Kier alpha value is -3.34. The van der Waals surface area contributed by atoms with Gasteiger partial charge in [-0.05, 0) is 47.5 Å². The number of ether oxygens (including phenoxy) is 1. The number of methoxy groups -OCH3 is 1. The Morgan fingerprint density at radius 3 is 1.78 bits per heavy atom. The van der Waals surface area contributed by atoms with E-state index in [1.165, 1.54) is 0 Å². The lowest BCUT2D eigenvalue weighted by molar-refractivity contribution is 0.414. The Bertz CT molecular complexity index is 1000. The molecule has 136 valence electrons. The van der Waals surface area contributed by atoms with E-state index in [9.17, 15) is 0 Å². The molecule has 0 spiro atoms. The third-order valence-electron chi connectivity index (χ3n) is 4.69. The molecule has 1 unspecified atom stereocenters. The van der Waals surface area contributed by atoms with Gasteiger partial charge < -0.3 is 9.64 Å². The highest BCUT2D eigenvalue weighted by molar-refractivity contribution is 5.73. The maximum Gasteiger partial charge on any atom is 0.122 e. The van der Waals surface area contributed by atoms with Crippen LogP contribution < -0.4 is 9.64 Å². The van der Waals surface area contributed by atoms with Crippen molar-refractivity contribution in [3.05, 3.63) is 83.9 Å². The Kier molecular flexibility index (Phi) is 4.50. The molecule has 3 aromatic carbocycles. The number of hydrogen-bond acceptors (Lipinski definition) is 4. The van der Waals surface area contributed by atoms with Crippen molar-refractivity contribution in [1.82, 2.24) is 15.0 Å². The van der Waals surface area contributed by atoms with Crippen LogP contribution in [-0.4, -0.2) is 36.2 Å². The molecule has 1 atom stereocenters. The van der Waals surface area contributed by atoms with Crippen LogP contribution in [0, 0.1) is 0 Å². The molecule has 0 aliphatic rings. The summed E-state index contributed by atoms with van der Waals surface area (Å²) in [5.74, 6) is 0.832. The highest BCUT2D eigenvalue weighted by atomic mass is 16.5. The first-order valence-electron chi connectivity index (χ1n) is 8.88. The van der Waals surface area contributed by atoms with Crippen molar-refractivity contribution in [3.63, 3.8) is 0 Å². The van der Waals surface area contributed by atoms with Gasteiger partial charge in [-0.25, -0.2) is 0 Å². The molecule has 1 aromatic heterocycles. The first-order valence-corrected chi connectivity index (χ1v) is 8.88. The van der Waals surface area contributed by atoms with Gasteiger partial charge in [-0.15, -0.1) is 0 Å². The van der Waals surface area contributed by atoms with Gasteiger partial charge in [-0.1, -0.05) is 36.4 Å². The average molecular weight is 358 g/mol. The molecule has 0 aliphatic carbocycles. The first kappa shape index (κ1) is 17.1. The quantitative estimate of drug-likeness (QED) is 0.538. The van der Waals surface area contributed by atoms with Gasteiger partial charge >= 0.3 is 0 Å². The van der Waals surface area contributed by atoms with Crippen LogP contribution in [0.3, 0.4) is 0 Å². The second-order valence-electron chi connectivity index (χ2n) is 6.67. The van der Waals surface area contributed by atoms with Crippen molar-refractivity contribution < 1.29 is 4.74 Å². The van der Waals surface area contributed by atoms with E-state index in [2.05, 4.69) is 41.3 Å². The summed E-state index contributed by atoms with van der Waals surface area (Å²) in [4.78, 5) is 3.89. The zero-order valence-corrected chi connectivity index (χ0v) is 15.7. The lowest BCUT2D eigenvalue weighted by Gasteiger charge is -2.19. The minimum absolute atomic E-state index is 0.112. The van der Waals surface area contributed by atoms with Gasteiger partial charge in [0.2, 0.25) is 0 Å². The normalized spacial score (nSPS) is 12.1. The fraction of sp³-hybridized carbons (Fsp3) is 0.182. The van der Waals surface area contributed by atoms with E-state index in [-0.39, 0.29) is 6.04 Å². The largest absolute Gasteiger partial charge is 0.497 e. The Morgan fingerprint density at radius 1 is 0.778 bits per heavy atom. The minimum atomic E-state index is -0.112. The van der Waals surface area contributed by atoms with Crippen molar-refractivity contribution in [3.8, 4) is 5.75 Å². The van der Waals surface area contributed by atoms with Gasteiger partial charge in [0.05, 0.1) is 7.11 Å². The second-order valence-corrected chi connectivity index (χ2v) is 6.67. The van der Waals surface area contributed by atoms with E-state index >= 15 is 0 Å². The average Bonchev–Trinajstić information content (AvgIpc) is 3.12. The molecule has 0 N–H and O–H groups in total. The summed E-state index contributed by atoms with van der Waals surface area (Å²) >= 11 is 0. The van der Waals surface area contributed by atoms with Crippen LogP contribution in [0.1, 0.15) is 17.2 Å². The van der Waals surface area contributed by atoms with Gasteiger partial charge in [0.1, 0.15) is 22.8 Å². The fourth-order valence-electron chi connectivity index (χ4n) is 3.19. The monoisotopic (exact) mass is 358 g/mol. The molecule has 5 nitrogen and oxygen atoms in total. The van der Waals surface area contributed by atoms with E-state index in [1.807, 2.05) is 50.5 Å². The van der Waals surface area contributed by atoms with Gasteiger partial charge in [-0.3, -0.25) is 0 Å². The summed E-state index contributed by atoms with van der Waals surface area (Å²) in [5, 5.41) is 9.46. The molecule has 0 radical (unpaired) electrons. The maximum atomic E-state index is 5.31. The van der Waals surface area contributed by atoms with Crippen molar-refractivity contribution in [1.29, 1.82) is 0 Å². The Labute approximate surface area is 158 Å². The molecular formula is C22H22N4O. The highest BCUT2D eigenvalue weighted by Gasteiger charge is 2.19. The SMILES string of the molecule is COc1ccc(C(c2ccc(N(C)C)cc2)n2nc3ccccc3n2)cc1. The molecule has 0 aliphatic heterocycles. The molecule has 5 heteroatoms. The van der Waals surface area contributed by atoms with Crippen LogP contribution in [-0.2, 0) is 0 Å². The van der Waals surface area contributed by atoms with Crippen LogP contribution in [0.2, 0.25) is 0 Å². The molecule has 0 bridgehead atoms. The standard InChI is InChI=1S/C22H22N4O/c1-25(2)18-12-8-16(9-13-18)22(17-10-14-19(27-3)15-11-17)26-23-20-6-4-5-7-21(20)24-26/h4-15,22H,1-3H3. The summed E-state index contributed by atoms with van der Waals surface area (Å²) in [6, 6.07) is 24.4. The summed E-state index contributed by atoms with van der Waals surface area (Å²) in [6.07, 6.45) is 0. The van der Waals surface area contributed by atoms with Gasteiger partial charge in [-0.2, -0.15) is 15.0 Å². The lowest BCUT2D eigenvalue weighted by atomic mass is 9.99. The molecule has 0 fully saturated rings. The molecule has 27 heavy (non-hydrogen) atoms. The zero-order valence-electron chi connectivity index (χ0n) is 15.7. The molecule has 0 saturated heterocycles. The minimum Gasteiger partial charge on any atom is -0.497 e. The number of aromatic nitrogens is 3. The fourth-order valence-corrected chi connectivity index (χ4v) is 3.19. The zero-order chi connectivity index (χ0) is 18.8. The van der Waals surface area contributed by atoms with Crippen LogP contribution >= 0.6 is 0 Å². The van der Waals surface area contributed by atoms with Crippen LogP contribution in [0.25, 0.3) is 11.0 Å². The predicted molar refractivity (Wildman–Crippen MR) is 109 cm³/mol. The van der Waals surface area contributed by atoms with Crippen molar-refractivity contribution in [2.24, 2.45) is 0 Å². The lowest BCUT2D eigenvalue weighted by Crippen LogP contribution is -2.16. The van der Waals surface area contributed by atoms with Crippen molar-refractivity contribution in [2.45, 2.75) is 6.04 Å². The number of anilines is 1. The summed E-state index contributed by atoms with van der Waals surface area (Å²) in [5.41, 5.74) is 5.17. The van der Waals surface area contributed by atoms with E-state index in [1.54, 1.807) is 11.9 Å². The summed E-state index contributed by atoms with van der Waals surface area (Å²) < 4.78 is 5.31. The number of fused-ring (bicyclic) bond motifs is 1. The molecule has 4 rings (SSSR count). The van der Waals surface area contributed by atoms with Crippen LogP contribution in [0.15, 0.2) is 72.8 Å². The second kappa shape index (κ2) is 7.11. The van der Waals surface area contributed by atoms with Gasteiger partial charge in [0, 0.05) is 19.8 Å². The molecule has 1 heterocycles. The van der Waals surface area contributed by atoms with E-state index in [0.717, 1.165) is 33.6 Å². The summed E-state index contributed by atoms with van der Waals surface area (Å²) in [6.45, 7) is 0. The van der Waals surface area contributed by atoms with Gasteiger partial charge in [0.25, 0.3) is 0 Å². The smallest absolute Gasteiger partial charge is 0.122 e. The predicted octanol–water partition coefficient (Wildman–Crippen LogP) is 4.14. The molecule has 4 aromatic rings. The summed E-state index contributed by atoms with van der Waals surface area (Å²) in [7, 11) is 5.75. The number of nitrogens with zero attached hydrogens (tertiary/aromatic N) is 4.